The first kappa shape index (κ1) is 13.0. The van der Waals surface area contributed by atoms with E-state index in [1.807, 2.05) is 0 Å². The molecule has 2 nitrogen and oxygen atoms in total. The molecule has 0 aliphatic rings. The second-order valence-corrected chi connectivity index (χ2v) is 3.35. The molecule has 0 aromatic carbocycles. The maximum absolute atomic E-state index is 11.9. The third-order valence-corrected chi connectivity index (χ3v) is 1.34. The van der Waals surface area contributed by atoms with E-state index in [4.69, 9.17) is 0 Å². The molecule has 5 heteroatoms. The average Bonchev–Trinajstić information content (AvgIpc) is 1.99. The molecule has 0 fully saturated rings. The highest BCUT2D eigenvalue weighted by Crippen LogP contribution is 2.24. The molecule has 0 heterocycles. The largest absolute Gasteiger partial charge is 0.462 e. The molecular weight excluding hydrogens is 197 g/mol. The summed E-state index contributed by atoms with van der Waals surface area (Å²) in [7, 11) is 0. The molecule has 14 heavy (non-hydrogen) atoms. The molecule has 0 spiro atoms. The molecule has 0 saturated heterocycles. The van der Waals surface area contributed by atoms with Crippen LogP contribution in [0.4, 0.5) is 13.2 Å². The van der Waals surface area contributed by atoms with Crippen molar-refractivity contribution >= 4 is 5.97 Å². The van der Waals surface area contributed by atoms with Crippen molar-refractivity contribution in [2.45, 2.75) is 26.9 Å². The zero-order valence-electron chi connectivity index (χ0n) is 8.31. The SMILES string of the molecule is C/C(=C\C(=O)OCC(C)C)C(F)(F)F. The third kappa shape index (κ3) is 5.61. The van der Waals surface area contributed by atoms with Crippen molar-refractivity contribution in [3.05, 3.63) is 11.6 Å². The van der Waals surface area contributed by atoms with Crippen LogP contribution in [0.1, 0.15) is 20.8 Å². The third-order valence-electron chi connectivity index (χ3n) is 1.34. The summed E-state index contributed by atoms with van der Waals surface area (Å²) in [4.78, 5) is 10.8. The first-order chi connectivity index (χ1) is 6.23. The van der Waals surface area contributed by atoms with E-state index < -0.39 is 17.7 Å². The quantitative estimate of drug-likeness (QED) is 0.528. The number of ether oxygens (including phenoxy) is 1. The van der Waals surface area contributed by atoms with E-state index in [1.54, 1.807) is 13.8 Å². The zero-order valence-corrected chi connectivity index (χ0v) is 8.31. The normalized spacial score (nSPS) is 13.2. The Balaban J connectivity index is 4.17. The van der Waals surface area contributed by atoms with Crippen molar-refractivity contribution in [3.8, 4) is 0 Å². The Morgan fingerprint density at radius 2 is 1.93 bits per heavy atom. The minimum Gasteiger partial charge on any atom is -0.462 e. The molecule has 0 amide bonds. The van der Waals surface area contributed by atoms with Crippen LogP contribution in [0.15, 0.2) is 11.6 Å². The van der Waals surface area contributed by atoms with Gasteiger partial charge in [0.15, 0.2) is 0 Å². The van der Waals surface area contributed by atoms with Crippen LogP contribution in [0.5, 0.6) is 0 Å². The van der Waals surface area contributed by atoms with E-state index in [-0.39, 0.29) is 12.5 Å². The lowest BCUT2D eigenvalue weighted by Gasteiger charge is -2.07. The minimum absolute atomic E-state index is 0.110. The number of alkyl halides is 3. The van der Waals surface area contributed by atoms with Crippen molar-refractivity contribution in [3.63, 3.8) is 0 Å². The molecule has 0 radical (unpaired) electrons. The average molecular weight is 210 g/mol. The summed E-state index contributed by atoms with van der Waals surface area (Å²) < 4.78 is 40.4. The Bertz CT molecular complexity index is 229. The maximum atomic E-state index is 11.9. The van der Waals surface area contributed by atoms with Gasteiger partial charge in [0, 0.05) is 11.6 Å². The number of halogens is 3. The number of rotatable bonds is 3. The first-order valence-corrected chi connectivity index (χ1v) is 4.15. The van der Waals surface area contributed by atoms with Gasteiger partial charge in [0.05, 0.1) is 6.61 Å². The molecule has 0 N–H and O–H groups in total. The summed E-state index contributed by atoms with van der Waals surface area (Å²) in [6.45, 7) is 4.55. The van der Waals surface area contributed by atoms with Crippen molar-refractivity contribution in [2.24, 2.45) is 5.92 Å². The molecule has 0 aromatic rings. The van der Waals surface area contributed by atoms with Crippen molar-refractivity contribution in [1.82, 2.24) is 0 Å². The van der Waals surface area contributed by atoms with Crippen LogP contribution < -0.4 is 0 Å². The fourth-order valence-corrected chi connectivity index (χ4v) is 0.549. The van der Waals surface area contributed by atoms with E-state index in [9.17, 15) is 18.0 Å². The van der Waals surface area contributed by atoms with Gasteiger partial charge in [-0.15, -0.1) is 0 Å². The molecule has 0 saturated carbocycles. The number of allylic oxidation sites excluding steroid dienone is 1. The van der Waals surface area contributed by atoms with E-state index in [0.29, 0.717) is 6.08 Å². The topological polar surface area (TPSA) is 26.3 Å². The van der Waals surface area contributed by atoms with Gasteiger partial charge in [-0.25, -0.2) is 4.79 Å². The summed E-state index contributed by atoms with van der Waals surface area (Å²) in [6.07, 6.45) is -4.00. The van der Waals surface area contributed by atoms with E-state index in [2.05, 4.69) is 4.74 Å². The van der Waals surface area contributed by atoms with Gasteiger partial charge in [0.1, 0.15) is 0 Å². The van der Waals surface area contributed by atoms with E-state index in [1.165, 1.54) is 0 Å². The van der Waals surface area contributed by atoms with Crippen LogP contribution in [0.25, 0.3) is 0 Å². The number of carbonyl (C=O) groups excluding carboxylic acids is 1. The second kappa shape index (κ2) is 5.02. The van der Waals surface area contributed by atoms with E-state index in [0.717, 1.165) is 6.92 Å². The summed E-state index contributed by atoms with van der Waals surface area (Å²) in [5.74, 6) is -0.841. The molecule has 0 aromatic heterocycles. The summed E-state index contributed by atoms with van der Waals surface area (Å²) in [6, 6.07) is 0. The Hall–Kier alpha value is -1.00. The molecule has 0 aliphatic heterocycles. The monoisotopic (exact) mass is 210 g/mol. The van der Waals surface area contributed by atoms with Crippen molar-refractivity contribution < 1.29 is 22.7 Å². The highest BCUT2D eigenvalue weighted by atomic mass is 19.4. The molecule has 0 atom stereocenters. The minimum atomic E-state index is -4.46. The van der Waals surface area contributed by atoms with Crippen LogP contribution in [0, 0.1) is 5.92 Å². The summed E-state index contributed by atoms with van der Waals surface area (Å²) >= 11 is 0. The Labute approximate surface area is 80.7 Å². The Morgan fingerprint density at radius 3 is 2.29 bits per heavy atom. The maximum Gasteiger partial charge on any atom is 0.412 e. The lowest BCUT2D eigenvalue weighted by Crippen LogP contribution is -2.13. The fraction of sp³-hybridized carbons (Fsp3) is 0.667. The fourth-order valence-electron chi connectivity index (χ4n) is 0.549. The van der Waals surface area contributed by atoms with Crippen molar-refractivity contribution in [2.75, 3.05) is 6.61 Å². The molecule has 82 valence electrons. The smallest absolute Gasteiger partial charge is 0.412 e. The molecule has 0 unspecified atom stereocenters. The van der Waals surface area contributed by atoms with Gasteiger partial charge in [0.25, 0.3) is 0 Å². The van der Waals surface area contributed by atoms with Crippen LogP contribution in [0.3, 0.4) is 0 Å². The molecule has 0 bridgehead atoms. The van der Waals surface area contributed by atoms with Gasteiger partial charge in [-0.3, -0.25) is 0 Å². The van der Waals surface area contributed by atoms with Gasteiger partial charge < -0.3 is 4.74 Å². The highest BCUT2D eigenvalue weighted by molar-refractivity contribution is 5.82. The number of esters is 1. The summed E-state index contributed by atoms with van der Waals surface area (Å²) in [5.41, 5.74) is -0.953. The van der Waals surface area contributed by atoms with Gasteiger partial charge >= 0.3 is 12.1 Å². The standard InChI is InChI=1S/C9H13F3O2/c1-6(2)5-14-8(13)4-7(3)9(10,11)12/h4,6H,5H2,1-3H3/b7-4+. The second-order valence-electron chi connectivity index (χ2n) is 3.35. The zero-order chi connectivity index (χ0) is 11.4. The first-order valence-electron chi connectivity index (χ1n) is 4.15. The highest BCUT2D eigenvalue weighted by Gasteiger charge is 2.30. The lowest BCUT2D eigenvalue weighted by molar-refractivity contribution is -0.139. The van der Waals surface area contributed by atoms with Gasteiger partial charge in [-0.2, -0.15) is 13.2 Å². The summed E-state index contributed by atoms with van der Waals surface area (Å²) in [5, 5.41) is 0. The Kier molecular flexibility index (Phi) is 4.67. The van der Waals surface area contributed by atoms with E-state index >= 15 is 0 Å². The predicted octanol–water partition coefficient (Wildman–Crippen LogP) is 2.69. The predicted molar refractivity (Wildman–Crippen MR) is 45.6 cm³/mol. The number of hydrogen-bond donors (Lipinski definition) is 0. The lowest BCUT2D eigenvalue weighted by atomic mass is 10.2. The van der Waals surface area contributed by atoms with Gasteiger partial charge in [-0.05, 0) is 12.8 Å². The van der Waals surface area contributed by atoms with Crippen molar-refractivity contribution in [1.29, 1.82) is 0 Å². The van der Waals surface area contributed by atoms with Crippen LogP contribution in [-0.4, -0.2) is 18.8 Å². The van der Waals surface area contributed by atoms with Crippen LogP contribution >= 0.6 is 0 Å². The van der Waals surface area contributed by atoms with Crippen LogP contribution in [0.2, 0.25) is 0 Å². The van der Waals surface area contributed by atoms with Gasteiger partial charge in [-0.1, -0.05) is 13.8 Å². The number of carbonyl (C=O) groups is 1. The van der Waals surface area contributed by atoms with Crippen LogP contribution in [-0.2, 0) is 9.53 Å². The molecule has 0 rings (SSSR count). The number of hydrogen-bond acceptors (Lipinski definition) is 2. The molecule has 0 aliphatic carbocycles. The Morgan fingerprint density at radius 1 is 1.43 bits per heavy atom. The van der Waals surface area contributed by atoms with Gasteiger partial charge in [0.2, 0.25) is 0 Å². The molecular formula is C9H13F3O2.